The van der Waals surface area contributed by atoms with E-state index in [1.54, 1.807) is 24.3 Å². The number of halogens is 1. The second-order valence-corrected chi connectivity index (χ2v) is 3.82. The Labute approximate surface area is 114 Å². The molecule has 20 heavy (non-hydrogen) atoms. The molecule has 0 saturated carbocycles. The largest absolute Gasteiger partial charge is 0.479 e. The number of carbonyl (C=O) groups excluding carboxylic acids is 1. The van der Waals surface area contributed by atoms with E-state index < -0.39 is 11.7 Å². The molecule has 0 fully saturated rings. The highest BCUT2D eigenvalue weighted by atomic mass is 19.1. The van der Waals surface area contributed by atoms with Crippen LogP contribution in [0.25, 0.3) is 0 Å². The predicted molar refractivity (Wildman–Crippen MR) is 69.7 cm³/mol. The van der Waals surface area contributed by atoms with Gasteiger partial charge >= 0.3 is 0 Å². The van der Waals surface area contributed by atoms with Crippen LogP contribution in [0.15, 0.2) is 42.7 Å². The fourth-order valence-corrected chi connectivity index (χ4v) is 1.49. The molecule has 0 radical (unpaired) electrons. The van der Waals surface area contributed by atoms with Crippen molar-refractivity contribution in [3.63, 3.8) is 0 Å². The molecule has 6 heteroatoms. The Bertz CT molecular complexity index is 650. The molecule has 2 rings (SSSR count). The summed E-state index contributed by atoms with van der Waals surface area (Å²) < 4.78 is 18.0. The zero-order chi connectivity index (χ0) is 14.4. The highest BCUT2D eigenvalue weighted by Gasteiger charge is 2.07. The van der Waals surface area contributed by atoms with Gasteiger partial charge in [-0.2, -0.15) is 5.26 Å². The molecule has 100 valence electrons. The average Bonchev–Trinajstić information content (AvgIpc) is 2.46. The average molecular weight is 271 g/mol. The highest BCUT2D eigenvalue weighted by Crippen LogP contribution is 2.16. The molecule has 0 bridgehead atoms. The van der Waals surface area contributed by atoms with Gasteiger partial charge in [0.15, 0.2) is 6.61 Å². The van der Waals surface area contributed by atoms with Crippen LogP contribution >= 0.6 is 0 Å². The van der Waals surface area contributed by atoms with Gasteiger partial charge in [-0.25, -0.2) is 4.39 Å². The molecule has 0 aliphatic rings. The minimum absolute atomic E-state index is 0.0410. The predicted octanol–water partition coefficient (Wildman–Crippen LogP) is 2.38. The zero-order valence-electron chi connectivity index (χ0n) is 10.3. The molecule has 0 saturated heterocycles. The van der Waals surface area contributed by atoms with Crippen LogP contribution in [-0.4, -0.2) is 17.5 Å². The summed E-state index contributed by atoms with van der Waals surface area (Å²) >= 11 is 0. The van der Waals surface area contributed by atoms with E-state index in [1.165, 1.54) is 6.20 Å². The fraction of sp³-hybridized carbons (Fsp3) is 0.0714. The van der Waals surface area contributed by atoms with Gasteiger partial charge in [0.1, 0.15) is 17.6 Å². The van der Waals surface area contributed by atoms with Crippen LogP contribution in [0.3, 0.4) is 0 Å². The molecule has 0 unspecified atom stereocenters. The first kappa shape index (κ1) is 13.5. The van der Waals surface area contributed by atoms with Gasteiger partial charge in [0.25, 0.3) is 5.91 Å². The number of ether oxygens (including phenoxy) is 1. The number of carbonyl (C=O) groups is 1. The maximum atomic E-state index is 13.0. The lowest BCUT2D eigenvalue weighted by atomic mass is 10.2. The van der Waals surface area contributed by atoms with Crippen LogP contribution < -0.4 is 10.1 Å². The van der Waals surface area contributed by atoms with Crippen molar-refractivity contribution >= 4 is 11.6 Å². The number of nitriles is 1. The summed E-state index contributed by atoms with van der Waals surface area (Å²) in [4.78, 5) is 15.4. The van der Waals surface area contributed by atoms with E-state index in [2.05, 4.69) is 10.3 Å². The first-order valence-electron chi connectivity index (χ1n) is 5.71. The molecular formula is C14H10FN3O2. The van der Waals surface area contributed by atoms with Gasteiger partial charge in [-0.3, -0.25) is 9.78 Å². The van der Waals surface area contributed by atoms with E-state index in [-0.39, 0.29) is 12.2 Å². The summed E-state index contributed by atoms with van der Waals surface area (Å²) in [5.74, 6) is -0.502. The number of benzene rings is 1. The number of hydrogen-bond donors (Lipinski definition) is 1. The first-order valence-corrected chi connectivity index (χ1v) is 5.71. The third kappa shape index (κ3) is 3.53. The summed E-state index contributed by atoms with van der Waals surface area (Å²) in [7, 11) is 0. The lowest BCUT2D eigenvalue weighted by Gasteiger charge is -2.06. The summed E-state index contributed by atoms with van der Waals surface area (Å²) in [6.07, 6.45) is 2.31. The number of rotatable bonds is 4. The first-order chi connectivity index (χ1) is 9.69. The number of anilines is 1. The summed E-state index contributed by atoms with van der Waals surface area (Å²) in [6, 6.07) is 9.45. The van der Waals surface area contributed by atoms with Crippen LogP contribution in [0.1, 0.15) is 10.4 Å². The number of aromatic nitrogens is 1. The van der Waals surface area contributed by atoms with Crippen molar-refractivity contribution < 1.29 is 13.9 Å². The van der Waals surface area contributed by atoms with Crippen molar-refractivity contribution in [2.75, 3.05) is 11.9 Å². The summed E-state index contributed by atoms with van der Waals surface area (Å²) in [5, 5.41) is 11.0. The number of nitrogens with one attached hydrogen (secondary N) is 1. The van der Waals surface area contributed by atoms with Crippen molar-refractivity contribution in [3.05, 3.63) is 54.1 Å². The number of hydrogen-bond acceptors (Lipinski definition) is 4. The van der Waals surface area contributed by atoms with Gasteiger partial charge < -0.3 is 10.1 Å². The van der Waals surface area contributed by atoms with E-state index in [0.29, 0.717) is 11.4 Å². The fourth-order valence-electron chi connectivity index (χ4n) is 1.49. The number of amides is 1. The van der Waals surface area contributed by atoms with Gasteiger partial charge in [0, 0.05) is 11.9 Å². The van der Waals surface area contributed by atoms with E-state index in [4.69, 9.17) is 10.00 Å². The number of pyridine rings is 1. The van der Waals surface area contributed by atoms with Crippen molar-refractivity contribution in [1.82, 2.24) is 4.98 Å². The van der Waals surface area contributed by atoms with E-state index >= 15 is 0 Å². The maximum absolute atomic E-state index is 13.0. The topological polar surface area (TPSA) is 75.0 Å². The Balaban J connectivity index is 2.03. The molecule has 5 nitrogen and oxygen atoms in total. The van der Waals surface area contributed by atoms with Crippen molar-refractivity contribution in [2.45, 2.75) is 0 Å². The lowest BCUT2D eigenvalue weighted by Crippen LogP contribution is -2.12. The Kier molecular flexibility index (Phi) is 4.24. The molecule has 1 aromatic carbocycles. The Morgan fingerprint density at radius 3 is 2.75 bits per heavy atom. The van der Waals surface area contributed by atoms with Gasteiger partial charge in [-0.05, 0) is 30.3 Å². The Hall–Kier alpha value is -2.94. The Morgan fingerprint density at radius 1 is 1.35 bits per heavy atom. The van der Waals surface area contributed by atoms with Crippen LogP contribution in [0.5, 0.6) is 5.75 Å². The van der Waals surface area contributed by atoms with Gasteiger partial charge in [-0.15, -0.1) is 0 Å². The summed E-state index contributed by atoms with van der Waals surface area (Å²) in [5.41, 5.74) is 0.665. The van der Waals surface area contributed by atoms with Crippen LogP contribution in [-0.2, 0) is 0 Å². The molecule has 1 N–H and O–H groups in total. The minimum Gasteiger partial charge on any atom is -0.479 e. The smallest absolute Gasteiger partial charge is 0.257 e. The van der Waals surface area contributed by atoms with Crippen LogP contribution in [0.2, 0.25) is 0 Å². The molecule has 0 spiro atoms. The van der Waals surface area contributed by atoms with Crippen LogP contribution in [0.4, 0.5) is 10.1 Å². The second kappa shape index (κ2) is 6.29. The molecule has 0 aliphatic heterocycles. The van der Waals surface area contributed by atoms with Crippen LogP contribution in [0, 0.1) is 17.1 Å². The normalized spacial score (nSPS) is 9.60. The lowest BCUT2D eigenvalue weighted by molar-refractivity contribution is 0.102. The van der Waals surface area contributed by atoms with E-state index in [9.17, 15) is 9.18 Å². The molecule has 0 aliphatic carbocycles. The third-order valence-electron chi connectivity index (χ3n) is 2.38. The molecule has 0 atom stereocenters. The van der Waals surface area contributed by atoms with E-state index in [1.807, 2.05) is 6.07 Å². The molecule has 1 aromatic heterocycles. The van der Waals surface area contributed by atoms with Gasteiger partial charge in [-0.1, -0.05) is 0 Å². The summed E-state index contributed by atoms with van der Waals surface area (Å²) in [6.45, 7) is -0.0410. The zero-order valence-corrected chi connectivity index (χ0v) is 10.3. The SMILES string of the molecule is N#CCOc1ccc(NC(=O)c2cncc(F)c2)cc1. The molecule has 1 amide bonds. The van der Waals surface area contributed by atoms with Gasteiger partial charge in [0.2, 0.25) is 0 Å². The molecule has 2 aromatic rings. The second-order valence-electron chi connectivity index (χ2n) is 3.82. The quantitative estimate of drug-likeness (QED) is 0.926. The molecular weight excluding hydrogens is 261 g/mol. The monoisotopic (exact) mass is 271 g/mol. The van der Waals surface area contributed by atoms with Crippen molar-refractivity contribution in [2.24, 2.45) is 0 Å². The minimum atomic E-state index is -0.571. The maximum Gasteiger partial charge on any atom is 0.257 e. The van der Waals surface area contributed by atoms with Gasteiger partial charge in [0.05, 0.1) is 11.8 Å². The van der Waals surface area contributed by atoms with Crippen molar-refractivity contribution in [3.8, 4) is 11.8 Å². The standard InChI is InChI=1S/C14H10FN3O2/c15-11-7-10(8-17-9-11)14(19)18-12-1-3-13(4-2-12)20-6-5-16/h1-4,7-9H,6H2,(H,18,19). The third-order valence-corrected chi connectivity index (χ3v) is 2.38. The molecule has 1 heterocycles. The highest BCUT2D eigenvalue weighted by molar-refractivity contribution is 6.04. The van der Waals surface area contributed by atoms with E-state index in [0.717, 1.165) is 12.3 Å². The Morgan fingerprint density at radius 2 is 2.10 bits per heavy atom. The van der Waals surface area contributed by atoms with Crippen molar-refractivity contribution in [1.29, 1.82) is 5.26 Å². The number of nitrogens with zero attached hydrogens (tertiary/aromatic N) is 2.